The molecule has 5 heteroatoms. The fourth-order valence-electron chi connectivity index (χ4n) is 3.45. The van der Waals surface area contributed by atoms with Crippen LogP contribution in [0.1, 0.15) is 21.6 Å². The Morgan fingerprint density at radius 2 is 2.15 bits per heavy atom. The Labute approximate surface area is 157 Å². The van der Waals surface area contributed by atoms with Gasteiger partial charge in [-0.25, -0.2) is 0 Å². The van der Waals surface area contributed by atoms with Crippen LogP contribution in [0.3, 0.4) is 0 Å². The van der Waals surface area contributed by atoms with E-state index in [2.05, 4.69) is 11.6 Å². The van der Waals surface area contributed by atoms with E-state index in [1.165, 1.54) is 5.69 Å². The molecule has 4 nitrogen and oxygen atoms in total. The summed E-state index contributed by atoms with van der Waals surface area (Å²) in [5, 5.41) is 1.78. The minimum atomic E-state index is -0.0216. The van der Waals surface area contributed by atoms with E-state index in [0.29, 0.717) is 36.0 Å². The van der Waals surface area contributed by atoms with Crippen molar-refractivity contribution >= 4 is 28.4 Å². The van der Waals surface area contributed by atoms with Crippen molar-refractivity contribution < 1.29 is 9.53 Å². The molecule has 2 aromatic carbocycles. The molecule has 4 rings (SSSR count). The van der Waals surface area contributed by atoms with Crippen LogP contribution in [0.25, 0.3) is 10.9 Å². The minimum Gasteiger partial charge on any atom is -0.489 e. The van der Waals surface area contributed by atoms with Crippen LogP contribution in [0.5, 0.6) is 5.75 Å². The third-order valence-electron chi connectivity index (χ3n) is 4.70. The van der Waals surface area contributed by atoms with Gasteiger partial charge in [-0.15, -0.1) is 0 Å². The second-order valence-electron chi connectivity index (χ2n) is 6.34. The quantitative estimate of drug-likeness (QED) is 0.687. The molecule has 2 heterocycles. The van der Waals surface area contributed by atoms with Gasteiger partial charge in [0, 0.05) is 46.7 Å². The van der Waals surface area contributed by atoms with E-state index >= 15 is 0 Å². The first-order valence-corrected chi connectivity index (χ1v) is 8.96. The Morgan fingerprint density at radius 3 is 3.00 bits per heavy atom. The van der Waals surface area contributed by atoms with E-state index in [0.717, 1.165) is 22.9 Å². The first kappa shape index (κ1) is 16.7. The predicted molar refractivity (Wildman–Crippen MR) is 104 cm³/mol. The van der Waals surface area contributed by atoms with Crippen LogP contribution in [-0.4, -0.2) is 28.9 Å². The molecule has 1 N–H and O–H groups in total. The number of aromatic amines is 1. The molecule has 0 unspecified atom stereocenters. The van der Waals surface area contributed by atoms with E-state index < -0.39 is 0 Å². The zero-order valence-corrected chi connectivity index (χ0v) is 15.1. The highest BCUT2D eigenvalue weighted by Gasteiger charge is 2.26. The number of halogens is 1. The summed E-state index contributed by atoms with van der Waals surface area (Å²) in [4.78, 5) is 18.4. The molecule has 0 atom stereocenters. The summed E-state index contributed by atoms with van der Waals surface area (Å²) in [6.45, 7) is 5.26. The summed E-state index contributed by atoms with van der Waals surface area (Å²) < 4.78 is 5.65. The third kappa shape index (κ3) is 2.97. The molecule has 0 saturated carbocycles. The number of rotatable bonds is 4. The zero-order chi connectivity index (χ0) is 18.1. The minimum absolute atomic E-state index is 0.0216. The van der Waals surface area contributed by atoms with Gasteiger partial charge < -0.3 is 14.6 Å². The Balaban J connectivity index is 1.65. The molecule has 0 spiro atoms. The Kier molecular flexibility index (Phi) is 4.43. The molecule has 0 radical (unpaired) electrons. The maximum atomic E-state index is 13.1. The van der Waals surface area contributed by atoms with Crippen molar-refractivity contribution in [3.05, 3.63) is 77.0 Å². The van der Waals surface area contributed by atoms with Crippen LogP contribution in [0.2, 0.25) is 5.02 Å². The lowest BCUT2D eigenvalue weighted by molar-refractivity contribution is 0.0731. The maximum Gasteiger partial charge on any atom is 0.257 e. The van der Waals surface area contributed by atoms with Gasteiger partial charge >= 0.3 is 0 Å². The van der Waals surface area contributed by atoms with Gasteiger partial charge in [0.2, 0.25) is 0 Å². The number of carbonyl (C=O) groups excluding carboxylic acids is 1. The van der Waals surface area contributed by atoms with Crippen LogP contribution in [0.15, 0.2) is 55.1 Å². The number of hydrogen-bond acceptors (Lipinski definition) is 2. The fraction of sp³-hybridized carbons (Fsp3) is 0.190. The van der Waals surface area contributed by atoms with Crippen molar-refractivity contribution in [2.75, 3.05) is 13.2 Å². The number of amides is 1. The van der Waals surface area contributed by atoms with E-state index in [9.17, 15) is 4.79 Å². The summed E-state index contributed by atoms with van der Waals surface area (Å²) in [6, 6.07) is 13.2. The van der Waals surface area contributed by atoms with E-state index in [4.69, 9.17) is 16.3 Å². The summed E-state index contributed by atoms with van der Waals surface area (Å²) in [5.74, 6) is 0.567. The van der Waals surface area contributed by atoms with Gasteiger partial charge in [-0.3, -0.25) is 4.79 Å². The Bertz CT molecular complexity index is 993. The number of nitrogens with zero attached hydrogens (tertiary/aromatic N) is 1. The van der Waals surface area contributed by atoms with Crippen molar-refractivity contribution in [3.8, 4) is 5.75 Å². The molecule has 1 aliphatic rings. The van der Waals surface area contributed by atoms with Crippen molar-refractivity contribution in [1.82, 2.24) is 9.88 Å². The van der Waals surface area contributed by atoms with E-state index in [1.54, 1.807) is 6.08 Å². The lowest BCUT2D eigenvalue weighted by Crippen LogP contribution is -2.36. The number of para-hydroxylation sites is 1. The van der Waals surface area contributed by atoms with Gasteiger partial charge in [-0.1, -0.05) is 36.4 Å². The monoisotopic (exact) mass is 366 g/mol. The smallest absolute Gasteiger partial charge is 0.257 e. The number of fused-ring (bicyclic) bond motifs is 3. The number of aromatic nitrogens is 1. The largest absolute Gasteiger partial charge is 0.489 e. The lowest BCUT2D eigenvalue weighted by Gasteiger charge is -2.28. The lowest BCUT2D eigenvalue weighted by atomic mass is 10.0. The third-order valence-corrected chi connectivity index (χ3v) is 4.93. The number of nitrogens with one attached hydrogen (secondary N) is 1. The van der Waals surface area contributed by atoms with Crippen LogP contribution in [0, 0.1) is 0 Å². The average molecular weight is 367 g/mol. The number of H-pyrrole nitrogens is 1. The highest BCUT2D eigenvalue weighted by molar-refractivity contribution is 6.31. The SMILES string of the molecule is C=CCOc1ccccc1C(=O)N1CCc2[nH]c3ccc(Cl)cc3c2C1. The number of ether oxygens (including phenoxy) is 1. The van der Waals surface area contributed by atoms with Gasteiger partial charge in [-0.05, 0) is 30.3 Å². The second kappa shape index (κ2) is 6.89. The molecular weight excluding hydrogens is 348 g/mol. The molecule has 0 aliphatic carbocycles. The summed E-state index contributed by atoms with van der Waals surface area (Å²) in [5.41, 5.74) is 3.97. The van der Waals surface area contributed by atoms with E-state index in [1.807, 2.05) is 47.4 Å². The summed E-state index contributed by atoms with van der Waals surface area (Å²) in [7, 11) is 0. The van der Waals surface area contributed by atoms with Crippen LogP contribution >= 0.6 is 11.6 Å². The predicted octanol–water partition coefficient (Wildman–Crippen LogP) is 4.58. The molecule has 26 heavy (non-hydrogen) atoms. The summed E-state index contributed by atoms with van der Waals surface area (Å²) >= 11 is 6.16. The first-order chi connectivity index (χ1) is 12.7. The maximum absolute atomic E-state index is 13.1. The summed E-state index contributed by atoms with van der Waals surface area (Å²) in [6.07, 6.45) is 2.47. The van der Waals surface area contributed by atoms with Crippen LogP contribution < -0.4 is 4.74 Å². The van der Waals surface area contributed by atoms with Gasteiger partial charge in [0.1, 0.15) is 12.4 Å². The molecule has 132 valence electrons. The van der Waals surface area contributed by atoms with Gasteiger partial charge in [0.15, 0.2) is 0 Å². The van der Waals surface area contributed by atoms with Gasteiger partial charge in [-0.2, -0.15) is 0 Å². The molecule has 3 aromatic rings. The number of carbonyl (C=O) groups is 1. The topological polar surface area (TPSA) is 45.3 Å². The van der Waals surface area contributed by atoms with Gasteiger partial charge in [0.25, 0.3) is 5.91 Å². The fourth-order valence-corrected chi connectivity index (χ4v) is 3.62. The molecular formula is C21H19ClN2O2. The number of hydrogen-bond donors (Lipinski definition) is 1. The molecule has 1 aromatic heterocycles. The zero-order valence-electron chi connectivity index (χ0n) is 14.3. The average Bonchev–Trinajstić information content (AvgIpc) is 3.03. The normalized spacial score (nSPS) is 13.5. The van der Waals surface area contributed by atoms with Crippen molar-refractivity contribution in [2.24, 2.45) is 0 Å². The Hall–Kier alpha value is -2.72. The van der Waals surface area contributed by atoms with Crippen molar-refractivity contribution in [1.29, 1.82) is 0 Å². The molecule has 0 bridgehead atoms. The molecule has 0 fully saturated rings. The molecule has 1 amide bonds. The first-order valence-electron chi connectivity index (χ1n) is 8.58. The van der Waals surface area contributed by atoms with Crippen molar-refractivity contribution in [2.45, 2.75) is 13.0 Å². The van der Waals surface area contributed by atoms with E-state index in [-0.39, 0.29) is 5.91 Å². The van der Waals surface area contributed by atoms with Crippen LogP contribution in [0.4, 0.5) is 0 Å². The molecule has 0 saturated heterocycles. The van der Waals surface area contributed by atoms with Crippen molar-refractivity contribution in [3.63, 3.8) is 0 Å². The molecule has 1 aliphatic heterocycles. The highest BCUT2D eigenvalue weighted by Crippen LogP contribution is 2.31. The second-order valence-corrected chi connectivity index (χ2v) is 6.78. The standard InChI is InChI=1S/C21H19ClN2O2/c1-2-11-26-20-6-4-3-5-15(20)21(25)24-10-9-19-17(13-24)16-12-14(22)7-8-18(16)23-19/h2-8,12,23H,1,9-11,13H2. The number of benzene rings is 2. The Morgan fingerprint density at radius 1 is 1.31 bits per heavy atom. The van der Waals surface area contributed by atoms with Crippen LogP contribution in [-0.2, 0) is 13.0 Å². The highest BCUT2D eigenvalue weighted by atomic mass is 35.5. The van der Waals surface area contributed by atoms with Gasteiger partial charge in [0.05, 0.1) is 5.56 Å².